The van der Waals surface area contributed by atoms with Gasteiger partial charge in [0.1, 0.15) is 0 Å². The average Bonchev–Trinajstić information content (AvgIpc) is 2.73. The molecule has 0 aromatic heterocycles. The van der Waals surface area contributed by atoms with Crippen LogP contribution in [0.15, 0.2) is 88.0 Å². The summed E-state index contributed by atoms with van der Waals surface area (Å²) in [4.78, 5) is 16.9. The van der Waals surface area contributed by atoms with E-state index in [9.17, 15) is 4.79 Å². The number of anilines is 1. The van der Waals surface area contributed by atoms with E-state index in [2.05, 4.69) is 10.3 Å². The molecule has 4 nitrogen and oxygen atoms in total. The van der Waals surface area contributed by atoms with Gasteiger partial charge in [-0.2, -0.15) is 0 Å². The van der Waals surface area contributed by atoms with Gasteiger partial charge in [-0.1, -0.05) is 48.0 Å². The van der Waals surface area contributed by atoms with Crippen LogP contribution in [0.3, 0.4) is 0 Å². The lowest BCUT2D eigenvalue weighted by Crippen LogP contribution is -2.23. The summed E-state index contributed by atoms with van der Waals surface area (Å²) in [5, 5.41) is 3.88. The van der Waals surface area contributed by atoms with Gasteiger partial charge in [0, 0.05) is 23.1 Å². The van der Waals surface area contributed by atoms with Gasteiger partial charge < -0.3 is 10.1 Å². The molecule has 0 amide bonds. The standard InChI is InChI=1S/C23H23ClN2O2.ClH/c1-2-28-23(27)17-13-18(15-25-20-9-5-3-6-10-20)22(24)19(14-17)16-26-21-11-7-4-8-12-21;/h3-12,15-17,25H,2,13-14H2,1H3;1H/b18-15+,26-16-;. The van der Waals surface area contributed by atoms with Crippen molar-refractivity contribution in [2.75, 3.05) is 11.9 Å². The van der Waals surface area contributed by atoms with Crippen molar-refractivity contribution in [1.82, 2.24) is 0 Å². The fourth-order valence-electron chi connectivity index (χ4n) is 3.02. The molecule has 6 heteroatoms. The van der Waals surface area contributed by atoms with Gasteiger partial charge in [-0.25, -0.2) is 0 Å². The van der Waals surface area contributed by atoms with Gasteiger partial charge in [-0.05, 0) is 55.2 Å². The molecule has 1 atom stereocenters. The summed E-state index contributed by atoms with van der Waals surface area (Å²) in [6.07, 6.45) is 4.65. The van der Waals surface area contributed by atoms with Crippen molar-refractivity contribution < 1.29 is 9.53 Å². The van der Waals surface area contributed by atoms with E-state index in [-0.39, 0.29) is 24.3 Å². The normalized spacial score (nSPS) is 17.9. The van der Waals surface area contributed by atoms with Gasteiger partial charge in [0.25, 0.3) is 0 Å². The molecular formula is C23H24Cl2N2O2. The number of esters is 1. The Bertz CT molecular complexity index is 894. The molecule has 0 saturated carbocycles. The summed E-state index contributed by atoms with van der Waals surface area (Å²) in [6, 6.07) is 19.5. The second-order valence-electron chi connectivity index (χ2n) is 6.47. The van der Waals surface area contributed by atoms with Crippen LogP contribution in [-0.4, -0.2) is 18.8 Å². The number of allylic oxidation sites excluding steroid dienone is 3. The van der Waals surface area contributed by atoms with Crippen LogP contribution in [0.2, 0.25) is 0 Å². The first-order valence-electron chi connectivity index (χ1n) is 9.32. The number of benzene rings is 2. The number of hydrogen-bond acceptors (Lipinski definition) is 4. The van der Waals surface area contributed by atoms with E-state index in [0.29, 0.717) is 24.5 Å². The van der Waals surface area contributed by atoms with Crippen molar-refractivity contribution in [1.29, 1.82) is 0 Å². The zero-order valence-electron chi connectivity index (χ0n) is 16.2. The first kappa shape index (κ1) is 22.7. The van der Waals surface area contributed by atoms with Crippen molar-refractivity contribution in [3.05, 3.63) is 83.0 Å². The van der Waals surface area contributed by atoms with E-state index >= 15 is 0 Å². The van der Waals surface area contributed by atoms with E-state index in [1.807, 2.05) is 73.8 Å². The number of nitrogens with zero attached hydrogens (tertiary/aromatic N) is 1. The fraction of sp³-hybridized carbons (Fsp3) is 0.217. The number of carbonyl (C=O) groups excluding carboxylic acids is 1. The maximum atomic E-state index is 12.4. The van der Waals surface area contributed by atoms with Gasteiger partial charge >= 0.3 is 5.97 Å². The van der Waals surface area contributed by atoms with Crippen LogP contribution in [-0.2, 0) is 9.53 Å². The Morgan fingerprint density at radius 1 is 1.14 bits per heavy atom. The summed E-state index contributed by atoms with van der Waals surface area (Å²) < 4.78 is 5.24. The van der Waals surface area contributed by atoms with E-state index in [1.54, 1.807) is 6.21 Å². The molecule has 3 rings (SSSR count). The second kappa shape index (κ2) is 11.4. The first-order valence-corrected chi connectivity index (χ1v) is 9.70. The maximum Gasteiger partial charge on any atom is 0.309 e. The van der Waals surface area contributed by atoms with E-state index < -0.39 is 0 Å². The van der Waals surface area contributed by atoms with Gasteiger partial charge in [0.05, 0.1) is 18.2 Å². The lowest BCUT2D eigenvalue weighted by atomic mass is 9.86. The van der Waals surface area contributed by atoms with Crippen molar-refractivity contribution in [2.45, 2.75) is 19.8 Å². The lowest BCUT2D eigenvalue weighted by Gasteiger charge is -2.24. The third-order valence-electron chi connectivity index (χ3n) is 4.43. The van der Waals surface area contributed by atoms with Gasteiger partial charge in [-0.15, -0.1) is 12.4 Å². The number of hydrogen-bond donors (Lipinski definition) is 1. The van der Waals surface area contributed by atoms with E-state index in [4.69, 9.17) is 16.3 Å². The highest BCUT2D eigenvalue weighted by Gasteiger charge is 2.29. The van der Waals surface area contributed by atoms with Crippen molar-refractivity contribution in [3.63, 3.8) is 0 Å². The van der Waals surface area contributed by atoms with Crippen molar-refractivity contribution in [2.24, 2.45) is 10.9 Å². The number of rotatable bonds is 6. The highest BCUT2D eigenvalue weighted by atomic mass is 35.5. The SMILES string of the molecule is CCOC(=O)C1CC(/C=N\c2ccccc2)=C(Cl)C(=C/Nc2ccccc2)/C1.Cl. The quantitative estimate of drug-likeness (QED) is 0.433. The van der Waals surface area contributed by atoms with Gasteiger partial charge in [-0.3, -0.25) is 9.79 Å². The molecule has 2 aromatic rings. The number of carbonyl (C=O) groups is 1. The molecule has 29 heavy (non-hydrogen) atoms. The van der Waals surface area contributed by atoms with Crippen LogP contribution >= 0.6 is 24.0 Å². The molecule has 1 unspecified atom stereocenters. The van der Waals surface area contributed by atoms with Crippen LogP contribution in [0.1, 0.15) is 19.8 Å². The summed E-state index contributed by atoms with van der Waals surface area (Å²) in [6.45, 7) is 2.18. The van der Waals surface area contributed by atoms with Crippen LogP contribution in [0.5, 0.6) is 0 Å². The smallest absolute Gasteiger partial charge is 0.309 e. The topological polar surface area (TPSA) is 50.7 Å². The van der Waals surface area contributed by atoms with E-state index in [1.165, 1.54) is 0 Å². The zero-order chi connectivity index (χ0) is 19.8. The third-order valence-corrected chi connectivity index (χ3v) is 4.91. The number of para-hydroxylation sites is 2. The molecule has 152 valence electrons. The first-order chi connectivity index (χ1) is 13.7. The fourth-order valence-corrected chi connectivity index (χ4v) is 3.28. The largest absolute Gasteiger partial charge is 0.466 e. The predicted molar refractivity (Wildman–Crippen MR) is 122 cm³/mol. The Kier molecular flexibility index (Phi) is 8.97. The van der Waals surface area contributed by atoms with Gasteiger partial charge in [0.2, 0.25) is 0 Å². The molecule has 0 heterocycles. The minimum absolute atomic E-state index is 0. The maximum absolute atomic E-state index is 12.4. The third kappa shape index (κ3) is 6.48. The number of ether oxygens (including phenoxy) is 1. The van der Waals surface area contributed by atoms with Crippen LogP contribution in [0.4, 0.5) is 11.4 Å². The zero-order valence-corrected chi connectivity index (χ0v) is 17.7. The Labute approximate surface area is 182 Å². The minimum Gasteiger partial charge on any atom is -0.466 e. The monoisotopic (exact) mass is 430 g/mol. The Morgan fingerprint density at radius 2 is 1.79 bits per heavy atom. The molecule has 1 N–H and O–H groups in total. The Balaban J connectivity index is 0.00000300. The molecule has 1 aliphatic rings. The molecule has 0 spiro atoms. The highest BCUT2D eigenvalue weighted by Crippen LogP contribution is 2.36. The molecular weight excluding hydrogens is 407 g/mol. The van der Waals surface area contributed by atoms with Crippen LogP contribution in [0.25, 0.3) is 0 Å². The minimum atomic E-state index is -0.275. The number of halogens is 2. The van der Waals surface area contributed by atoms with Crippen LogP contribution in [0, 0.1) is 5.92 Å². The average molecular weight is 431 g/mol. The molecule has 0 radical (unpaired) electrons. The van der Waals surface area contributed by atoms with Crippen LogP contribution < -0.4 is 5.32 Å². The summed E-state index contributed by atoms with van der Waals surface area (Å²) in [7, 11) is 0. The number of aliphatic imine (C=N–C) groups is 1. The predicted octanol–water partition coefficient (Wildman–Crippen LogP) is 6.27. The Hall–Kier alpha value is -2.56. The molecule has 0 saturated heterocycles. The molecule has 1 aliphatic carbocycles. The second-order valence-corrected chi connectivity index (χ2v) is 6.85. The van der Waals surface area contributed by atoms with E-state index in [0.717, 1.165) is 22.5 Å². The van der Waals surface area contributed by atoms with Crippen molar-refractivity contribution in [3.8, 4) is 0 Å². The summed E-state index contributed by atoms with van der Waals surface area (Å²) in [5.74, 6) is -0.480. The molecule has 0 fully saturated rings. The Morgan fingerprint density at radius 3 is 2.45 bits per heavy atom. The molecule has 0 aliphatic heterocycles. The summed E-state index contributed by atoms with van der Waals surface area (Å²) >= 11 is 6.66. The summed E-state index contributed by atoms with van der Waals surface area (Å²) in [5.41, 5.74) is 3.49. The number of nitrogens with one attached hydrogen (secondary N) is 1. The van der Waals surface area contributed by atoms with Gasteiger partial charge in [0.15, 0.2) is 0 Å². The lowest BCUT2D eigenvalue weighted by molar-refractivity contribution is -0.147. The highest BCUT2D eigenvalue weighted by molar-refractivity contribution is 6.34. The molecule has 2 aromatic carbocycles. The van der Waals surface area contributed by atoms with Crippen molar-refractivity contribution >= 4 is 47.6 Å². The molecule has 0 bridgehead atoms.